The molecule has 0 bridgehead atoms. The first-order chi connectivity index (χ1) is 8.58. The van der Waals surface area contributed by atoms with Gasteiger partial charge in [-0.2, -0.15) is 11.3 Å². The summed E-state index contributed by atoms with van der Waals surface area (Å²) in [7, 11) is 0. The van der Waals surface area contributed by atoms with E-state index in [4.69, 9.17) is 4.42 Å². The van der Waals surface area contributed by atoms with Crippen molar-refractivity contribution in [1.29, 1.82) is 0 Å². The largest absolute Gasteiger partial charge is 0.466 e. The number of hydrogen-bond donors (Lipinski definition) is 2. The van der Waals surface area contributed by atoms with Gasteiger partial charge in [-0.3, -0.25) is 4.79 Å². The summed E-state index contributed by atoms with van der Waals surface area (Å²) in [6.45, 7) is 1.74. The summed E-state index contributed by atoms with van der Waals surface area (Å²) >= 11 is 1.56. The highest BCUT2D eigenvalue weighted by atomic mass is 32.1. The fraction of sp³-hybridized carbons (Fsp3) is 0.308. The number of amides is 1. The lowest BCUT2D eigenvalue weighted by Crippen LogP contribution is -2.38. The van der Waals surface area contributed by atoms with Crippen LogP contribution in [0.1, 0.15) is 18.2 Å². The van der Waals surface area contributed by atoms with E-state index >= 15 is 0 Å². The van der Waals surface area contributed by atoms with Crippen LogP contribution >= 0.6 is 11.3 Å². The summed E-state index contributed by atoms with van der Waals surface area (Å²) in [5.41, 5.74) is -0.205. The van der Waals surface area contributed by atoms with Crippen molar-refractivity contribution in [2.45, 2.75) is 18.9 Å². The monoisotopic (exact) mass is 265 g/mol. The van der Waals surface area contributed by atoms with Gasteiger partial charge < -0.3 is 14.8 Å². The van der Waals surface area contributed by atoms with E-state index in [1.54, 1.807) is 30.4 Å². The van der Waals surface area contributed by atoms with Crippen molar-refractivity contribution < 1.29 is 14.3 Å². The molecule has 2 rings (SSSR count). The number of thiophene rings is 1. The Kier molecular flexibility index (Phi) is 3.84. The molecule has 0 fully saturated rings. The van der Waals surface area contributed by atoms with E-state index < -0.39 is 5.60 Å². The number of rotatable bonds is 5. The van der Waals surface area contributed by atoms with Gasteiger partial charge in [-0.25, -0.2) is 0 Å². The smallest absolute Gasteiger partial charge is 0.224 e. The first-order valence-electron chi connectivity index (χ1n) is 5.62. The van der Waals surface area contributed by atoms with Crippen LogP contribution in [0.4, 0.5) is 0 Å². The highest BCUT2D eigenvalue weighted by molar-refractivity contribution is 7.07. The number of carbonyl (C=O) groups is 1. The lowest BCUT2D eigenvalue weighted by Gasteiger charge is -2.21. The summed E-state index contributed by atoms with van der Waals surface area (Å²) < 4.78 is 5.14. The van der Waals surface area contributed by atoms with Gasteiger partial charge in [0.05, 0.1) is 19.2 Å². The molecule has 0 aliphatic rings. The molecule has 0 aromatic carbocycles. The van der Waals surface area contributed by atoms with Crippen molar-refractivity contribution in [1.82, 2.24) is 5.32 Å². The SMILES string of the molecule is CC(O)(CNC(=O)Cc1ccsc1)c1ccco1. The van der Waals surface area contributed by atoms with Gasteiger partial charge in [-0.15, -0.1) is 0 Å². The van der Waals surface area contributed by atoms with Gasteiger partial charge in [0.1, 0.15) is 11.4 Å². The lowest BCUT2D eigenvalue weighted by atomic mass is 10.0. The van der Waals surface area contributed by atoms with Crippen molar-refractivity contribution in [3.8, 4) is 0 Å². The molecule has 2 aromatic heterocycles. The zero-order chi connectivity index (χ0) is 13.0. The molecule has 0 aliphatic heterocycles. The molecule has 5 heteroatoms. The van der Waals surface area contributed by atoms with Gasteiger partial charge in [-0.05, 0) is 41.4 Å². The van der Waals surface area contributed by atoms with Gasteiger partial charge in [-0.1, -0.05) is 0 Å². The Morgan fingerprint density at radius 3 is 3.00 bits per heavy atom. The average Bonchev–Trinajstić information content (AvgIpc) is 2.99. The van der Waals surface area contributed by atoms with Gasteiger partial charge in [0.15, 0.2) is 0 Å². The van der Waals surface area contributed by atoms with Crippen LogP contribution in [0.15, 0.2) is 39.6 Å². The van der Waals surface area contributed by atoms with Crippen LogP contribution in [0.3, 0.4) is 0 Å². The van der Waals surface area contributed by atoms with E-state index in [0.717, 1.165) is 5.56 Å². The second-order valence-corrected chi connectivity index (χ2v) is 5.12. The molecule has 0 aliphatic carbocycles. The van der Waals surface area contributed by atoms with E-state index in [2.05, 4.69) is 5.32 Å². The molecule has 0 spiro atoms. The van der Waals surface area contributed by atoms with Crippen molar-refractivity contribution >= 4 is 17.2 Å². The molecule has 18 heavy (non-hydrogen) atoms. The fourth-order valence-electron chi connectivity index (χ4n) is 1.58. The molecule has 96 valence electrons. The van der Waals surface area contributed by atoms with Crippen LogP contribution in [0.5, 0.6) is 0 Å². The van der Waals surface area contributed by atoms with E-state index in [1.165, 1.54) is 6.26 Å². The Hall–Kier alpha value is -1.59. The molecular weight excluding hydrogens is 250 g/mol. The van der Waals surface area contributed by atoms with Crippen LogP contribution in [0, 0.1) is 0 Å². The molecular formula is C13H15NO3S. The van der Waals surface area contributed by atoms with Gasteiger partial charge in [0.25, 0.3) is 0 Å². The van der Waals surface area contributed by atoms with Crippen LogP contribution in [0.2, 0.25) is 0 Å². The Morgan fingerprint density at radius 2 is 2.39 bits per heavy atom. The first-order valence-corrected chi connectivity index (χ1v) is 6.56. The standard InChI is InChI=1S/C13H15NO3S/c1-13(16,11-3-2-5-17-11)9-14-12(15)7-10-4-6-18-8-10/h2-6,8,16H,7,9H2,1H3,(H,14,15). The summed E-state index contributed by atoms with van der Waals surface area (Å²) in [5, 5.41) is 16.7. The Morgan fingerprint density at radius 1 is 1.56 bits per heavy atom. The van der Waals surface area contributed by atoms with Crippen LogP contribution < -0.4 is 5.32 Å². The summed E-state index contributed by atoms with van der Waals surface area (Å²) in [6, 6.07) is 5.30. The Bertz CT molecular complexity index is 488. The van der Waals surface area contributed by atoms with E-state index in [1.807, 2.05) is 16.8 Å². The number of aliphatic hydroxyl groups is 1. The maximum Gasteiger partial charge on any atom is 0.224 e. The van der Waals surface area contributed by atoms with Gasteiger partial charge in [0, 0.05) is 0 Å². The third-order valence-corrected chi connectivity index (χ3v) is 3.36. The second kappa shape index (κ2) is 5.37. The molecule has 0 saturated carbocycles. The van der Waals surface area contributed by atoms with Crippen molar-refractivity contribution in [3.05, 3.63) is 46.5 Å². The molecule has 1 unspecified atom stereocenters. The predicted molar refractivity (Wildman–Crippen MR) is 69.3 cm³/mol. The number of carbonyl (C=O) groups excluding carboxylic acids is 1. The summed E-state index contributed by atoms with van der Waals surface area (Å²) in [5.74, 6) is 0.332. The normalized spacial score (nSPS) is 14.1. The fourth-order valence-corrected chi connectivity index (χ4v) is 2.25. The predicted octanol–water partition coefficient (Wildman–Crippen LogP) is 1.91. The number of nitrogens with one attached hydrogen (secondary N) is 1. The van der Waals surface area contributed by atoms with E-state index in [9.17, 15) is 9.90 Å². The molecule has 4 nitrogen and oxygen atoms in total. The van der Waals surface area contributed by atoms with E-state index in [-0.39, 0.29) is 12.5 Å². The minimum Gasteiger partial charge on any atom is -0.466 e. The zero-order valence-electron chi connectivity index (χ0n) is 10.1. The number of furan rings is 1. The molecule has 2 aromatic rings. The molecule has 0 saturated heterocycles. The first kappa shape index (κ1) is 12.9. The van der Waals surface area contributed by atoms with Crippen LogP contribution in [-0.2, 0) is 16.8 Å². The molecule has 1 amide bonds. The Labute approximate surface area is 109 Å². The Balaban J connectivity index is 1.86. The van der Waals surface area contributed by atoms with Gasteiger partial charge >= 0.3 is 0 Å². The number of hydrogen-bond acceptors (Lipinski definition) is 4. The topological polar surface area (TPSA) is 62.5 Å². The molecule has 2 N–H and O–H groups in total. The highest BCUT2D eigenvalue weighted by Crippen LogP contribution is 2.19. The third kappa shape index (κ3) is 3.21. The summed E-state index contributed by atoms with van der Waals surface area (Å²) in [6.07, 6.45) is 1.83. The van der Waals surface area contributed by atoms with Gasteiger partial charge in [0.2, 0.25) is 5.91 Å². The van der Waals surface area contributed by atoms with Crippen molar-refractivity contribution in [3.63, 3.8) is 0 Å². The van der Waals surface area contributed by atoms with Crippen LogP contribution in [-0.4, -0.2) is 17.6 Å². The zero-order valence-corrected chi connectivity index (χ0v) is 10.9. The van der Waals surface area contributed by atoms with Crippen LogP contribution in [0.25, 0.3) is 0 Å². The average molecular weight is 265 g/mol. The molecule has 0 radical (unpaired) electrons. The lowest BCUT2D eigenvalue weighted by molar-refractivity contribution is -0.121. The van der Waals surface area contributed by atoms with Crippen molar-refractivity contribution in [2.24, 2.45) is 0 Å². The molecule has 1 atom stereocenters. The minimum atomic E-state index is -1.19. The quantitative estimate of drug-likeness (QED) is 0.868. The minimum absolute atomic E-state index is 0.111. The van der Waals surface area contributed by atoms with E-state index in [0.29, 0.717) is 12.2 Å². The second-order valence-electron chi connectivity index (χ2n) is 4.34. The molecule has 2 heterocycles. The third-order valence-electron chi connectivity index (χ3n) is 2.63. The highest BCUT2D eigenvalue weighted by Gasteiger charge is 2.26. The maximum atomic E-state index is 11.7. The van der Waals surface area contributed by atoms with Crippen molar-refractivity contribution in [2.75, 3.05) is 6.54 Å². The summed E-state index contributed by atoms with van der Waals surface area (Å²) in [4.78, 5) is 11.7. The maximum absolute atomic E-state index is 11.7.